The number of hydrogen-bond acceptors (Lipinski definition) is 5. The molecule has 9 nitrogen and oxygen atoms in total. The molecule has 2 aromatic heterocycles. The number of hydrogen-bond donors (Lipinski definition) is 3. The fraction of sp³-hybridized carbons (Fsp3) is 0.214. The highest BCUT2D eigenvalue weighted by molar-refractivity contribution is 5.93. The lowest BCUT2D eigenvalue weighted by Crippen LogP contribution is -2.27. The molecule has 23 heavy (non-hydrogen) atoms. The van der Waals surface area contributed by atoms with Gasteiger partial charge in [0.05, 0.1) is 11.4 Å². The lowest BCUT2D eigenvalue weighted by atomic mass is 10.3. The van der Waals surface area contributed by atoms with Crippen LogP contribution in [0.5, 0.6) is 0 Å². The Hall–Kier alpha value is -3.23. The van der Waals surface area contributed by atoms with Gasteiger partial charge in [-0.05, 0) is 19.1 Å². The van der Waals surface area contributed by atoms with Crippen molar-refractivity contribution >= 4 is 5.91 Å². The molecule has 1 aromatic carbocycles. The van der Waals surface area contributed by atoms with Gasteiger partial charge in [-0.15, -0.1) is 5.10 Å². The topological polar surface area (TPSA) is 121 Å². The number of H-pyrrole nitrogens is 2. The maximum absolute atomic E-state index is 12.2. The zero-order chi connectivity index (χ0) is 16.2. The van der Waals surface area contributed by atoms with Crippen LogP contribution >= 0.6 is 0 Å². The van der Waals surface area contributed by atoms with Crippen molar-refractivity contribution < 1.29 is 4.79 Å². The summed E-state index contributed by atoms with van der Waals surface area (Å²) in [6.07, 6.45) is 0.413. The van der Waals surface area contributed by atoms with Gasteiger partial charge >= 0.3 is 5.69 Å². The van der Waals surface area contributed by atoms with Crippen LogP contribution in [-0.4, -0.2) is 42.6 Å². The Labute approximate surface area is 130 Å². The van der Waals surface area contributed by atoms with Crippen LogP contribution in [0.3, 0.4) is 0 Å². The standard InChI is InChI=1S/C14H15N7O2/c1-9-12(18-20-21(9)10-5-3-2-4-6-10)13(22)15-8-7-11-16-14(23)19-17-11/h2-6H,7-8H2,1H3,(H,15,22)(H2,16,17,19,23). The summed E-state index contributed by atoms with van der Waals surface area (Å²) in [7, 11) is 0. The predicted molar refractivity (Wildman–Crippen MR) is 81.3 cm³/mol. The van der Waals surface area contributed by atoms with Crippen LogP contribution in [0.2, 0.25) is 0 Å². The van der Waals surface area contributed by atoms with E-state index in [9.17, 15) is 9.59 Å². The highest BCUT2D eigenvalue weighted by Crippen LogP contribution is 2.11. The van der Waals surface area contributed by atoms with E-state index in [1.807, 2.05) is 30.3 Å². The highest BCUT2D eigenvalue weighted by atomic mass is 16.2. The van der Waals surface area contributed by atoms with Crippen molar-refractivity contribution in [3.05, 3.63) is 58.0 Å². The predicted octanol–water partition coefficient (Wildman–Crippen LogP) is -0.0404. The zero-order valence-electron chi connectivity index (χ0n) is 12.4. The fourth-order valence-corrected chi connectivity index (χ4v) is 2.16. The SMILES string of the molecule is Cc1c(C(=O)NCCc2n[nH]c(=O)[nH]2)nnn1-c1ccccc1. The molecule has 118 valence electrons. The first kappa shape index (κ1) is 14.7. The van der Waals surface area contributed by atoms with Gasteiger partial charge in [-0.25, -0.2) is 14.6 Å². The normalized spacial score (nSPS) is 10.7. The van der Waals surface area contributed by atoms with Gasteiger partial charge in [0.15, 0.2) is 5.69 Å². The number of benzene rings is 1. The molecule has 0 aliphatic rings. The average molecular weight is 313 g/mol. The van der Waals surface area contributed by atoms with Crippen LogP contribution < -0.4 is 11.0 Å². The maximum atomic E-state index is 12.2. The minimum Gasteiger partial charge on any atom is -0.350 e. The summed E-state index contributed by atoms with van der Waals surface area (Å²) in [6.45, 7) is 2.12. The second-order valence-electron chi connectivity index (χ2n) is 4.90. The van der Waals surface area contributed by atoms with Crippen LogP contribution in [0.4, 0.5) is 0 Å². The molecular formula is C14H15N7O2. The molecule has 0 radical (unpaired) electrons. The van der Waals surface area contributed by atoms with Gasteiger partial charge in [0, 0.05) is 13.0 Å². The van der Waals surface area contributed by atoms with Crippen molar-refractivity contribution in [1.82, 2.24) is 35.5 Å². The van der Waals surface area contributed by atoms with Gasteiger partial charge < -0.3 is 5.32 Å². The second kappa shape index (κ2) is 6.26. The number of amides is 1. The molecule has 0 unspecified atom stereocenters. The van der Waals surface area contributed by atoms with Gasteiger partial charge in [0.2, 0.25) is 0 Å². The van der Waals surface area contributed by atoms with E-state index in [0.717, 1.165) is 5.69 Å². The molecule has 0 aliphatic carbocycles. The van der Waals surface area contributed by atoms with Gasteiger partial charge in [0.25, 0.3) is 5.91 Å². The van der Waals surface area contributed by atoms with Gasteiger partial charge in [-0.3, -0.25) is 9.78 Å². The van der Waals surface area contributed by atoms with Crippen LogP contribution in [-0.2, 0) is 6.42 Å². The number of carbonyl (C=O) groups is 1. The third kappa shape index (κ3) is 3.18. The van der Waals surface area contributed by atoms with E-state index in [-0.39, 0.29) is 17.3 Å². The molecule has 2 heterocycles. The summed E-state index contributed by atoms with van der Waals surface area (Å²) >= 11 is 0. The second-order valence-corrected chi connectivity index (χ2v) is 4.90. The molecule has 3 N–H and O–H groups in total. The fourth-order valence-electron chi connectivity index (χ4n) is 2.16. The van der Waals surface area contributed by atoms with E-state index in [1.165, 1.54) is 0 Å². The van der Waals surface area contributed by atoms with Crippen molar-refractivity contribution in [3.63, 3.8) is 0 Å². The molecule has 3 aromatic rings. The van der Waals surface area contributed by atoms with Crippen molar-refractivity contribution in [1.29, 1.82) is 0 Å². The Morgan fingerprint density at radius 1 is 1.30 bits per heavy atom. The average Bonchev–Trinajstić information content (AvgIpc) is 3.14. The minimum absolute atomic E-state index is 0.268. The van der Waals surface area contributed by atoms with Crippen LogP contribution in [0.15, 0.2) is 35.1 Å². The Morgan fingerprint density at radius 3 is 2.78 bits per heavy atom. The number of nitrogens with zero attached hydrogens (tertiary/aromatic N) is 4. The number of rotatable bonds is 5. The molecule has 0 spiro atoms. The van der Waals surface area contributed by atoms with E-state index >= 15 is 0 Å². The lowest BCUT2D eigenvalue weighted by Gasteiger charge is -2.04. The van der Waals surface area contributed by atoms with E-state index < -0.39 is 0 Å². The summed E-state index contributed by atoms with van der Waals surface area (Å²) < 4.78 is 1.61. The number of para-hydroxylation sites is 1. The Bertz CT molecular complexity index is 863. The first-order valence-corrected chi connectivity index (χ1v) is 7.04. The van der Waals surface area contributed by atoms with Crippen molar-refractivity contribution in [2.75, 3.05) is 6.54 Å². The van der Waals surface area contributed by atoms with Crippen LogP contribution in [0.25, 0.3) is 5.69 Å². The first-order chi connectivity index (χ1) is 11.1. The zero-order valence-corrected chi connectivity index (χ0v) is 12.4. The van der Waals surface area contributed by atoms with Gasteiger partial charge in [0.1, 0.15) is 5.82 Å². The summed E-state index contributed by atoms with van der Waals surface area (Å²) in [6, 6.07) is 9.46. The lowest BCUT2D eigenvalue weighted by molar-refractivity contribution is 0.0948. The third-order valence-electron chi connectivity index (χ3n) is 3.31. The maximum Gasteiger partial charge on any atom is 0.340 e. The van der Waals surface area contributed by atoms with Crippen molar-refractivity contribution in [2.24, 2.45) is 0 Å². The van der Waals surface area contributed by atoms with E-state index in [4.69, 9.17) is 0 Å². The van der Waals surface area contributed by atoms with Crippen LogP contribution in [0, 0.1) is 6.92 Å². The number of carbonyl (C=O) groups excluding carboxylic acids is 1. The minimum atomic E-state index is -0.368. The summed E-state index contributed by atoms with van der Waals surface area (Å²) in [4.78, 5) is 25.6. The number of aromatic amines is 2. The molecule has 0 fully saturated rings. The molecule has 0 saturated heterocycles. The monoisotopic (exact) mass is 313 g/mol. The van der Waals surface area contributed by atoms with Gasteiger partial charge in [-0.1, -0.05) is 23.4 Å². The Balaban J connectivity index is 1.66. The summed E-state index contributed by atoms with van der Waals surface area (Å²) in [5, 5.41) is 16.7. The quantitative estimate of drug-likeness (QED) is 0.610. The highest BCUT2D eigenvalue weighted by Gasteiger charge is 2.16. The third-order valence-corrected chi connectivity index (χ3v) is 3.31. The molecule has 0 bridgehead atoms. The van der Waals surface area contributed by atoms with E-state index in [0.29, 0.717) is 24.5 Å². The summed E-state index contributed by atoms with van der Waals surface area (Å²) in [5.41, 5.74) is 1.39. The molecule has 0 saturated carbocycles. The number of aromatic nitrogens is 6. The van der Waals surface area contributed by atoms with E-state index in [2.05, 4.69) is 30.8 Å². The molecule has 0 atom stereocenters. The Kier molecular flexibility index (Phi) is 4.00. The Morgan fingerprint density at radius 2 is 2.09 bits per heavy atom. The molecule has 3 rings (SSSR count). The molecule has 0 aliphatic heterocycles. The molecular weight excluding hydrogens is 298 g/mol. The van der Waals surface area contributed by atoms with Gasteiger partial charge in [-0.2, -0.15) is 5.10 Å². The first-order valence-electron chi connectivity index (χ1n) is 7.04. The van der Waals surface area contributed by atoms with Crippen molar-refractivity contribution in [3.8, 4) is 5.69 Å². The van der Waals surface area contributed by atoms with E-state index in [1.54, 1.807) is 11.6 Å². The van der Waals surface area contributed by atoms with Crippen molar-refractivity contribution in [2.45, 2.75) is 13.3 Å². The summed E-state index contributed by atoms with van der Waals surface area (Å²) in [5.74, 6) is 0.169. The smallest absolute Gasteiger partial charge is 0.340 e. The molecule has 1 amide bonds. The molecule has 9 heteroatoms. The number of nitrogens with one attached hydrogen (secondary N) is 3. The van der Waals surface area contributed by atoms with Crippen LogP contribution in [0.1, 0.15) is 22.0 Å². The largest absolute Gasteiger partial charge is 0.350 e.